The molecule has 3 aliphatic rings. The molecule has 3 nitrogen and oxygen atoms in total. The summed E-state index contributed by atoms with van der Waals surface area (Å²) in [4.78, 5) is 2.30. The lowest BCUT2D eigenvalue weighted by molar-refractivity contribution is -0.0264. The van der Waals surface area contributed by atoms with E-state index in [-0.39, 0.29) is 12.8 Å². The number of aliphatic hydroxyl groups is 1. The Morgan fingerprint density at radius 2 is 2.27 bits per heavy atom. The van der Waals surface area contributed by atoms with Crippen molar-refractivity contribution in [1.82, 2.24) is 4.90 Å². The lowest BCUT2D eigenvalue weighted by Crippen LogP contribution is -2.39. The van der Waals surface area contributed by atoms with E-state index in [4.69, 9.17) is 9.84 Å². The van der Waals surface area contributed by atoms with Crippen molar-refractivity contribution in [3.63, 3.8) is 0 Å². The number of hydrogen-bond donors (Lipinski definition) is 1. The van der Waals surface area contributed by atoms with E-state index in [9.17, 15) is 0 Å². The van der Waals surface area contributed by atoms with Crippen molar-refractivity contribution < 1.29 is 9.84 Å². The first-order valence-electron chi connectivity index (χ1n) is 6.03. The number of fused-ring (bicyclic) bond motifs is 2. The Balaban J connectivity index is 1.68. The van der Waals surface area contributed by atoms with Gasteiger partial charge in [-0.1, -0.05) is 12.2 Å². The summed E-state index contributed by atoms with van der Waals surface area (Å²) in [5.74, 6) is 2.22. The number of nitrogens with zero attached hydrogens (tertiary/aromatic N) is 1. The van der Waals surface area contributed by atoms with Gasteiger partial charge < -0.3 is 9.84 Å². The maximum Gasteiger partial charge on any atom is 0.114 e. The zero-order valence-corrected chi connectivity index (χ0v) is 9.01. The van der Waals surface area contributed by atoms with Crippen molar-refractivity contribution in [1.29, 1.82) is 0 Å². The zero-order valence-electron chi connectivity index (χ0n) is 9.01. The molecule has 1 saturated carbocycles. The van der Waals surface area contributed by atoms with Gasteiger partial charge in [0.1, 0.15) is 6.23 Å². The number of allylic oxidation sites excluding steroid dienone is 2. The van der Waals surface area contributed by atoms with E-state index in [1.807, 2.05) is 0 Å². The molecule has 84 valence electrons. The molecule has 1 heterocycles. The molecular weight excluding hydrogens is 190 g/mol. The molecule has 15 heavy (non-hydrogen) atoms. The summed E-state index contributed by atoms with van der Waals surface area (Å²) < 4.78 is 5.84. The van der Waals surface area contributed by atoms with Gasteiger partial charge in [-0.15, -0.1) is 0 Å². The largest absolute Gasteiger partial charge is 0.395 e. The Labute approximate surface area is 90.7 Å². The van der Waals surface area contributed by atoms with Gasteiger partial charge >= 0.3 is 0 Å². The Morgan fingerprint density at radius 3 is 2.93 bits per heavy atom. The lowest BCUT2D eigenvalue weighted by atomic mass is 9.91. The van der Waals surface area contributed by atoms with Gasteiger partial charge in [-0.25, -0.2) is 0 Å². The molecule has 0 spiro atoms. The van der Waals surface area contributed by atoms with E-state index < -0.39 is 0 Å². The molecule has 0 aromatic carbocycles. The van der Waals surface area contributed by atoms with Crippen molar-refractivity contribution in [3.05, 3.63) is 12.2 Å². The normalized spacial score (nSPS) is 44.3. The monoisotopic (exact) mass is 209 g/mol. The fourth-order valence-corrected chi connectivity index (χ4v) is 3.44. The molecule has 1 aliphatic heterocycles. The molecule has 2 fully saturated rings. The third-order valence-corrected chi connectivity index (χ3v) is 4.11. The van der Waals surface area contributed by atoms with Crippen LogP contribution in [0.3, 0.4) is 0 Å². The molecular formula is C12H19NO2. The second-order valence-electron chi connectivity index (χ2n) is 4.97. The second kappa shape index (κ2) is 3.89. The fourth-order valence-electron chi connectivity index (χ4n) is 3.44. The standard InChI is InChI=1S/C12H19NO2/c14-5-3-13-4-6-15-12(13)11-8-9-1-2-10(11)7-9/h1-2,9-12,14H,3-8H2/t9-,10-,11-,12+/m0/s1. The fraction of sp³-hybridized carbons (Fsp3) is 0.833. The van der Waals surface area contributed by atoms with Gasteiger partial charge in [-0.05, 0) is 24.7 Å². The average molecular weight is 209 g/mol. The molecule has 0 aromatic heterocycles. The molecule has 0 radical (unpaired) electrons. The predicted octanol–water partition coefficient (Wildman–Crippen LogP) is 0.849. The molecule has 3 heteroatoms. The maximum atomic E-state index is 9.01. The molecule has 1 saturated heterocycles. The summed E-state index contributed by atoms with van der Waals surface area (Å²) >= 11 is 0. The van der Waals surface area contributed by atoms with Crippen LogP contribution in [0.15, 0.2) is 12.2 Å². The van der Waals surface area contributed by atoms with Crippen molar-refractivity contribution in [2.75, 3.05) is 26.3 Å². The van der Waals surface area contributed by atoms with E-state index in [1.165, 1.54) is 12.8 Å². The van der Waals surface area contributed by atoms with Gasteiger partial charge in [0.05, 0.1) is 13.2 Å². The second-order valence-corrected chi connectivity index (χ2v) is 4.97. The minimum absolute atomic E-state index is 0.247. The first-order valence-corrected chi connectivity index (χ1v) is 6.03. The van der Waals surface area contributed by atoms with E-state index in [0.717, 1.165) is 31.5 Å². The van der Waals surface area contributed by atoms with Crippen LogP contribution in [0.25, 0.3) is 0 Å². The minimum atomic E-state index is 0.247. The number of aliphatic hydroxyl groups excluding tert-OH is 1. The Bertz CT molecular complexity index is 266. The number of β-amino-alcohol motifs (C(OH)–C–C–N with tert-alkyl or cyclic N) is 1. The van der Waals surface area contributed by atoms with Crippen LogP contribution in [0.5, 0.6) is 0 Å². The third kappa shape index (κ3) is 1.63. The molecule has 2 bridgehead atoms. The van der Waals surface area contributed by atoms with Gasteiger partial charge in [0.15, 0.2) is 0 Å². The summed E-state index contributed by atoms with van der Waals surface area (Å²) in [6, 6.07) is 0. The highest BCUT2D eigenvalue weighted by Gasteiger charge is 2.44. The Kier molecular flexibility index (Phi) is 2.54. The molecule has 1 N–H and O–H groups in total. The van der Waals surface area contributed by atoms with Crippen LogP contribution >= 0.6 is 0 Å². The van der Waals surface area contributed by atoms with Gasteiger partial charge in [-0.3, -0.25) is 4.90 Å². The van der Waals surface area contributed by atoms with Crippen LogP contribution in [-0.4, -0.2) is 42.5 Å². The third-order valence-electron chi connectivity index (χ3n) is 4.11. The molecule has 3 rings (SSSR count). The van der Waals surface area contributed by atoms with Crippen molar-refractivity contribution in [2.45, 2.75) is 19.1 Å². The van der Waals surface area contributed by atoms with Gasteiger partial charge in [0, 0.05) is 19.0 Å². The molecule has 2 aliphatic carbocycles. The van der Waals surface area contributed by atoms with E-state index >= 15 is 0 Å². The van der Waals surface area contributed by atoms with Gasteiger partial charge in [0.2, 0.25) is 0 Å². The Hall–Kier alpha value is -0.380. The maximum absolute atomic E-state index is 9.01. The van der Waals surface area contributed by atoms with E-state index in [0.29, 0.717) is 5.92 Å². The topological polar surface area (TPSA) is 32.7 Å². The summed E-state index contributed by atoms with van der Waals surface area (Å²) in [6.07, 6.45) is 7.63. The van der Waals surface area contributed by atoms with Crippen molar-refractivity contribution in [3.8, 4) is 0 Å². The number of hydrogen-bond acceptors (Lipinski definition) is 3. The molecule has 0 aromatic rings. The quantitative estimate of drug-likeness (QED) is 0.699. The molecule has 0 amide bonds. The van der Waals surface area contributed by atoms with Gasteiger partial charge in [-0.2, -0.15) is 0 Å². The van der Waals surface area contributed by atoms with Crippen LogP contribution in [0.2, 0.25) is 0 Å². The summed E-state index contributed by atoms with van der Waals surface area (Å²) in [7, 11) is 0. The predicted molar refractivity (Wildman–Crippen MR) is 57.2 cm³/mol. The van der Waals surface area contributed by atoms with Crippen molar-refractivity contribution >= 4 is 0 Å². The number of ether oxygens (including phenoxy) is 1. The lowest BCUT2D eigenvalue weighted by Gasteiger charge is -2.30. The summed E-state index contributed by atoms with van der Waals surface area (Å²) in [6.45, 7) is 2.84. The smallest absolute Gasteiger partial charge is 0.114 e. The first kappa shape index (κ1) is 9.82. The van der Waals surface area contributed by atoms with Crippen LogP contribution in [-0.2, 0) is 4.74 Å². The highest BCUT2D eigenvalue weighted by Crippen LogP contribution is 2.46. The highest BCUT2D eigenvalue weighted by molar-refractivity contribution is 5.11. The van der Waals surface area contributed by atoms with Crippen LogP contribution < -0.4 is 0 Å². The minimum Gasteiger partial charge on any atom is -0.395 e. The molecule has 0 unspecified atom stereocenters. The summed E-state index contributed by atoms with van der Waals surface area (Å²) in [5.41, 5.74) is 0. The van der Waals surface area contributed by atoms with E-state index in [2.05, 4.69) is 17.1 Å². The van der Waals surface area contributed by atoms with Crippen molar-refractivity contribution in [2.24, 2.45) is 17.8 Å². The number of rotatable bonds is 3. The first-order chi connectivity index (χ1) is 7.38. The highest BCUT2D eigenvalue weighted by atomic mass is 16.5. The van der Waals surface area contributed by atoms with Crippen LogP contribution in [0.4, 0.5) is 0 Å². The van der Waals surface area contributed by atoms with E-state index in [1.54, 1.807) is 0 Å². The molecule has 4 atom stereocenters. The van der Waals surface area contributed by atoms with Crippen LogP contribution in [0.1, 0.15) is 12.8 Å². The van der Waals surface area contributed by atoms with Crippen LogP contribution in [0, 0.1) is 17.8 Å². The SMILES string of the molecule is OCCN1CCO[C@@H]1[C@H]1C[C@H]2C=C[C@H]1C2. The Morgan fingerprint density at radius 1 is 1.33 bits per heavy atom. The average Bonchev–Trinajstić information content (AvgIpc) is 2.91. The van der Waals surface area contributed by atoms with Gasteiger partial charge in [0.25, 0.3) is 0 Å². The zero-order chi connectivity index (χ0) is 10.3. The summed E-state index contributed by atoms with van der Waals surface area (Å²) in [5, 5.41) is 9.01.